The summed E-state index contributed by atoms with van der Waals surface area (Å²) in [4.78, 5) is 25.9. The lowest BCUT2D eigenvalue weighted by molar-refractivity contribution is 0.0717. The van der Waals surface area contributed by atoms with E-state index in [4.69, 9.17) is 0 Å². The van der Waals surface area contributed by atoms with Gasteiger partial charge in [0.1, 0.15) is 0 Å². The fourth-order valence-corrected chi connectivity index (χ4v) is 4.64. The minimum Gasteiger partial charge on any atom is -0.396 e. The highest BCUT2D eigenvalue weighted by atomic mass is 16.3. The van der Waals surface area contributed by atoms with Gasteiger partial charge in [-0.25, -0.2) is 4.79 Å². The maximum atomic E-state index is 12.0. The van der Waals surface area contributed by atoms with Crippen LogP contribution in [0.2, 0.25) is 0 Å². The number of aromatic amines is 1. The van der Waals surface area contributed by atoms with E-state index in [1.165, 1.54) is 25.7 Å². The lowest BCUT2D eigenvalue weighted by atomic mass is 9.64. The van der Waals surface area contributed by atoms with Crippen molar-refractivity contribution in [3.05, 3.63) is 32.6 Å². The number of hydrogen-bond donors (Lipinski definition) is 2. The molecule has 0 radical (unpaired) electrons. The van der Waals surface area contributed by atoms with E-state index in [9.17, 15) is 14.7 Å². The molecule has 4 unspecified atom stereocenters. The molecule has 4 atom stereocenters. The molecule has 2 rings (SSSR count). The predicted octanol–water partition coefficient (Wildman–Crippen LogP) is 2.70. The molecule has 1 saturated carbocycles. The molecule has 1 fully saturated rings. The van der Waals surface area contributed by atoms with Crippen LogP contribution in [-0.2, 0) is 6.54 Å². The van der Waals surface area contributed by atoms with Crippen LogP contribution >= 0.6 is 0 Å². The molecule has 1 aliphatic carbocycles. The summed E-state index contributed by atoms with van der Waals surface area (Å²) >= 11 is 0. The third-order valence-corrected chi connectivity index (χ3v) is 5.93. The van der Waals surface area contributed by atoms with Gasteiger partial charge in [-0.1, -0.05) is 39.5 Å². The first-order valence-corrected chi connectivity index (χ1v) is 9.39. The van der Waals surface area contributed by atoms with Gasteiger partial charge < -0.3 is 9.67 Å². The average molecular weight is 336 g/mol. The quantitative estimate of drug-likeness (QED) is 0.804. The van der Waals surface area contributed by atoms with Gasteiger partial charge in [0.05, 0.1) is 0 Å². The molecule has 1 aromatic heterocycles. The van der Waals surface area contributed by atoms with E-state index >= 15 is 0 Å². The van der Waals surface area contributed by atoms with Crippen molar-refractivity contribution in [2.75, 3.05) is 6.61 Å². The predicted molar refractivity (Wildman–Crippen MR) is 96.2 cm³/mol. The van der Waals surface area contributed by atoms with Gasteiger partial charge in [-0.05, 0) is 43.4 Å². The van der Waals surface area contributed by atoms with Crippen molar-refractivity contribution in [1.82, 2.24) is 9.55 Å². The van der Waals surface area contributed by atoms with Crippen molar-refractivity contribution in [3.63, 3.8) is 0 Å². The monoisotopic (exact) mass is 336 g/mol. The number of H-pyrrole nitrogens is 1. The number of hydrogen-bond acceptors (Lipinski definition) is 3. The standard InChI is InChI=1S/C19H32N2O3/c1-4-15-6-5-7-16(17(15)13(2)9-11-22)8-10-21-12-14(3)18(23)20-19(21)24/h12-13,15-17,22H,4-11H2,1-3H3,(H,20,23,24). The van der Waals surface area contributed by atoms with E-state index in [1.54, 1.807) is 17.7 Å². The van der Waals surface area contributed by atoms with Crippen molar-refractivity contribution in [1.29, 1.82) is 0 Å². The highest BCUT2D eigenvalue weighted by molar-refractivity contribution is 5.00. The first kappa shape index (κ1) is 19.0. The number of nitrogens with zero attached hydrogens (tertiary/aromatic N) is 1. The van der Waals surface area contributed by atoms with Crippen molar-refractivity contribution in [2.24, 2.45) is 23.7 Å². The van der Waals surface area contributed by atoms with E-state index in [0.717, 1.165) is 18.8 Å². The minimum atomic E-state index is -0.312. The van der Waals surface area contributed by atoms with Crippen molar-refractivity contribution in [3.8, 4) is 0 Å². The second-order valence-electron chi connectivity index (χ2n) is 7.48. The summed E-state index contributed by atoms with van der Waals surface area (Å²) in [5.41, 5.74) is -0.0299. The summed E-state index contributed by atoms with van der Waals surface area (Å²) in [5, 5.41) is 9.33. The number of aliphatic hydroxyl groups is 1. The van der Waals surface area contributed by atoms with Crippen molar-refractivity contribution >= 4 is 0 Å². The Hall–Kier alpha value is -1.36. The normalized spacial score (nSPS) is 25.6. The van der Waals surface area contributed by atoms with Crippen molar-refractivity contribution in [2.45, 2.75) is 65.8 Å². The first-order valence-electron chi connectivity index (χ1n) is 9.39. The third-order valence-electron chi connectivity index (χ3n) is 5.93. The number of rotatable bonds is 7. The van der Waals surface area contributed by atoms with Gasteiger partial charge in [-0.3, -0.25) is 9.78 Å². The number of nitrogens with one attached hydrogen (secondary N) is 1. The van der Waals surface area contributed by atoms with Gasteiger partial charge in [0.15, 0.2) is 0 Å². The molecule has 0 saturated heterocycles. The van der Waals surface area contributed by atoms with Gasteiger partial charge in [-0.15, -0.1) is 0 Å². The molecule has 5 nitrogen and oxygen atoms in total. The summed E-state index contributed by atoms with van der Waals surface area (Å²) in [5.74, 6) is 2.44. The van der Waals surface area contributed by atoms with Crippen LogP contribution in [0.5, 0.6) is 0 Å². The summed E-state index contributed by atoms with van der Waals surface area (Å²) in [6, 6.07) is 0. The molecule has 1 aromatic rings. The zero-order valence-corrected chi connectivity index (χ0v) is 15.3. The van der Waals surface area contributed by atoms with Gasteiger partial charge >= 0.3 is 5.69 Å². The van der Waals surface area contributed by atoms with E-state index < -0.39 is 0 Å². The minimum absolute atomic E-state index is 0.249. The number of aliphatic hydroxyl groups excluding tert-OH is 1. The van der Waals surface area contributed by atoms with Crippen LogP contribution < -0.4 is 11.2 Å². The number of aromatic nitrogens is 2. The Balaban J connectivity index is 2.12. The van der Waals surface area contributed by atoms with Gasteiger partial charge in [0, 0.05) is 24.9 Å². The smallest absolute Gasteiger partial charge is 0.328 e. The molecule has 0 bridgehead atoms. The molecular weight excluding hydrogens is 304 g/mol. The van der Waals surface area contributed by atoms with E-state index in [-0.39, 0.29) is 17.9 Å². The molecule has 1 heterocycles. The molecule has 24 heavy (non-hydrogen) atoms. The third kappa shape index (κ3) is 4.38. The molecule has 1 aliphatic rings. The highest BCUT2D eigenvalue weighted by Crippen LogP contribution is 2.43. The Kier molecular flexibility index (Phi) is 6.84. The van der Waals surface area contributed by atoms with Crippen LogP contribution in [0, 0.1) is 30.6 Å². The summed E-state index contributed by atoms with van der Waals surface area (Å²) < 4.78 is 1.64. The average Bonchev–Trinajstić information content (AvgIpc) is 2.56. The Morgan fingerprint density at radius 1 is 1.33 bits per heavy atom. The Morgan fingerprint density at radius 2 is 2.04 bits per heavy atom. The maximum absolute atomic E-state index is 12.0. The fraction of sp³-hybridized carbons (Fsp3) is 0.789. The second kappa shape index (κ2) is 8.65. The first-order chi connectivity index (χ1) is 11.5. The SMILES string of the molecule is CCC1CCCC(CCn2cc(C)c(=O)[nH]c2=O)C1C(C)CCO. The lowest BCUT2D eigenvalue weighted by Gasteiger charge is -2.42. The Bertz CT molecular complexity index is 634. The molecule has 0 aromatic carbocycles. The maximum Gasteiger partial charge on any atom is 0.328 e. The summed E-state index contributed by atoms with van der Waals surface area (Å²) in [6.07, 6.45) is 8.42. The molecular formula is C19H32N2O3. The molecule has 136 valence electrons. The molecule has 0 aliphatic heterocycles. The molecule has 5 heteroatoms. The van der Waals surface area contributed by atoms with Crippen LogP contribution in [0.15, 0.2) is 15.8 Å². The van der Waals surface area contributed by atoms with Crippen LogP contribution in [-0.4, -0.2) is 21.3 Å². The number of aryl methyl sites for hydroxylation is 2. The zero-order valence-electron chi connectivity index (χ0n) is 15.3. The Morgan fingerprint density at radius 3 is 2.71 bits per heavy atom. The highest BCUT2D eigenvalue weighted by Gasteiger charge is 2.35. The van der Waals surface area contributed by atoms with Gasteiger partial charge in [0.25, 0.3) is 5.56 Å². The molecule has 0 spiro atoms. The van der Waals surface area contributed by atoms with Crippen LogP contribution in [0.1, 0.15) is 57.9 Å². The van der Waals surface area contributed by atoms with Gasteiger partial charge in [0.2, 0.25) is 0 Å². The lowest BCUT2D eigenvalue weighted by Crippen LogP contribution is -2.36. The van der Waals surface area contributed by atoms with E-state index in [1.807, 2.05) is 0 Å². The topological polar surface area (TPSA) is 75.1 Å². The molecule has 2 N–H and O–H groups in total. The molecule has 0 amide bonds. The van der Waals surface area contributed by atoms with E-state index in [0.29, 0.717) is 29.9 Å². The van der Waals surface area contributed by atoms with E-state index in [2.05, 4.69) is 18.8 Å². The van der Waals surface area contributed by atoms with Crippen LogP contribution in [0.4, 0.5) is 0 Å². The fourth-order valence-electron chi connectivity index (χ4n) is 4.64. The van der Waals surface area contributed by atoms with Crippen LogP contribution in [0.3, 0.4) is 0 Å². The Labute approximate surface area is 144 Å². The van der Waals surface area contributed by atoms with Crippen LogP contribution in [0.25, 0.3) is 0 Å². The summed E-state index contributed by atoms with van der Waals surface area (Å²) in [7, 11) is 0. The summed E-state index contributed by atoms with van der Waals surface area (Å²) in [6.45, 7) is 7.16. The van der Waals surface area contributed by atoms with Crippen molar-refractivity contribution < 1.29 is 5.11 Å². The second-order valence-corrected chi connectivity index (χ2v) is 7.48. The zero-order chi connectivity index (χ0) is 17.7. The largest absolute Gasteiger partial charge is 0.396 e. The van der Waals surface area contributed by atoms with Gasteiger partial charge in [-0.2, -0.15) is 0 Å².